The smallest absolute Gasteiger partial charge is 0.265 e. The van der Waals surface area contributed by atoms with Gasteiger partial charge in [-0.15, -0.1) is 0 Å². The minimum Gasteiger partial charge on any atom is -0.386 e. The lowest BCUT2D eigenvalue weighted by Gasteiger charge is -2.05. The summed E-state index contributed by atoms with van der Waals surface area (Å²) in [6, 6.07) is 14.8. The molecular formula is C17H17ClN2O2. The van der Waals surface area contributed by atoms with Gasteiger partial charge in [0.2, 0.25) is 0 Å². The van der Waals surface area contributed by atoms with Crippen molar-refractivity contribution in [3.8, 4) is 0 Å². The number of rotatable bonds is 6. The number of carbonyl (C=O) groups is 1. The van der Waals surface area contributed by atoms with Crippen molar-refractivity contribution in [2.45, 2.75) is 13.3 Å². The van der Waals surface area contributed by atoms with E-state index < -0.39 is 0 Å². The van der Waals surface area contributed by atoms with Crippen molar-refractivity contribution >= 4 is 29.4 Å². The molecule has 1 amide bonds. The van der Waals surface area contributed by atoms with Crippen molar-refractivity contribution in [3.05, 3.63) is 64.7 Å². The van der Waals surface area contributed by atoms with E-state index in [1.54, 1.807) is 12.1 Å². The molecule has 0 spiro atoms. The number of nitrogens with one attached hydrogen (secondary N) is 1. The van der Waals surface area contributed by atoms with E-state index in [2.05, 4.69) is 17.4 Å². The van der Waals surface area contributed by atoms with Gasteiger partial charge in [0, 0.05) is 10.7 Å². The van der Waals surface area contributed by atoms with Crippen LogP contribution >= 0.6 is 11.6 Å². The third-order valence-corrected chi connectivity index (χ3v) is 3.24. The fourth-order valence-electron chi connectivity index (χ4n) is 1.76. The van der Waals surface area contributed by atoms with Crippen molar-refractivity contribution in [3.63, 3.8) is 0 Å². The average Bonchev–Trinajstić information content (AvgIpc) is 2.54. The first-order chi connectivity index (χ1) is 10.7. The number of oxime groups is 1. The van der Waals surface area contributed by atoms with Gasteiger partial charge >= 0.3 is 0 Å². The molecular weight excluding hydrogens is 300 g/mol. The Bertz CT molecular complexity index is 637. The molecule has 0 radical (unpaired) electrons. The van der Waals surface area contributed by atoms with Crippen molar-refractivity contribution in [2.75, 3.05) is 11.9 Å². The van der Waals surface area contributed by atoms with Crippen LogP contribution in [0.2, 0.25) is 5.02 Å². The SMILES string of the molecule is CCc1ccc(NC(=O)CO/N=C/c2ccc(Cl)cc2)cc1. The van der Waals surface area contributed by atoms with Crippen molar-refractivity contribution in [1.29, 1.82) is 0 Å². The first-order valence-corrected chi connectivity index (χ1v) is 7.35. The number of halogens is 1. The Labute approximate surface area is 134 Å². The van der Waals surface area contributed by atoms with E-state index in [0.29, 0.717) is 5.02 Å². The van der Waals surface area contributed by atoms with Crippen LogP contribution in [0.3, 0.4) is 0 Å². The predicted molar refractivity (Wildman–Crippen MR) is 89.4 cm³/mol. The van der Waals surface area contributed by atoms with Crippen molar-refractivity contribution in [2.24, 2.45) is 5.16 Å². The van der Waals surface area contributed by atoms with Crippen LogP contribution in [-0.2, 0) is 16.1 Å². The Morgan fingerprint density at radius 1 is 1.18 bits per heavy atom. The molecule has 114 valence electrons. The highest BCUT2D eigenvalue weighted by molar-refractivity contribution is 6.30. The van der Waals surface area contributed by atoms with Crippen molar-refractivity contribution in [1.82, 2.24) is 0 Å². The summed E-state index contributed by atoms with van der Waals surface area (Å²) in [7, 11) is 0. The Balaban J connectivity index is 1.76. The molecule has 0 saturated heterocycles. The van der Waals surface area contributed by atoms with Gasteiger partial charge < -0.3 is 10.2 Å². The number of anilines is 1. The number of hydrogen-bond acceptors (Lipinski definition) is 3. The molecule has 1 N–H and O–H groups in total. The van der Waals surface area contributed by atoms with E-state index in [1.165, 1.54) is 11.8 Å². The Morgan fingerprint density at radius 2 is 1.86 bits per heavy atom. The second-order valence-electron chi connectivity index (χ2n) is 4.66. The Hall–Kier alpha value is -2.33. The number of benzene rings is 2. The maximum atomic E-state index is 11.7. The summed E-state index contributed by atoms with van der Waals surface area (Å²) in [5, 5.41) is 7.15. The van der Waals surface area contributed by atoms with Gasteiger partial charge in [-0.2, -0.15) is 0 Å². The van der Waals surface area contributed by atoms with Crippen LogP contribution in [0.1, 0.15) is 18.1 Å². The highest BCUT2D eigenvalue weighted by Gasteiger charge is 2.02. The zero-order chi connectivity index (χ0) is 15.8. The molecule has 5 heteroatoms. The van der Waals surface area contributed by atoms with E-state index >= 15 is 0 Å². The maximum Gasteiger partial charge on any atom is 0.265 e. The molecule has 0 aliphatic carbocycles. The molecule has 22 heavy (non-hydrogen) atoms. The summed E-state index contributed by atoms with van der Waals surface area (Å²) in [5.74, 6) is -0.252. The molecule has 4 nitrogen and oxygen atoms in total. The molecule has 0 bridgehead atoms. The highest BCUT2D eigenvalue weighted by Crippen LogP contribution is 2.10. The zero-order valence-corrected chi connectivity index (χ0v) is 13.0. The number of hydrogen-bond donors (Lipinski definition) is 1. The van der Waals surface area contributed by atoms with Gasteiger partial charge in [-0.1, -0.05) is 47.9 Å². The number of aryl methyl sites for hydroxylation is 1. The van der Waals surface area contributed by atoms with Crippen LogP contribution < -0.4 is 5.32 Å². The molecule has 0 atom stereocenters. The predicted octanol–water partition coefficient (Wildman–Crippen LogP) is 3.89. The average molecular weight is 317 g/mol. The third-order valence-electron chi connectivity index (χ3n) is 2.99. The van der Waals surface area contributed by atoms with Crippen LogP contribution in [0.15, 0.2) is 53.7 Å². The fourth-order valence-corrected chi connectivity index (χ4v) is 1.89. The molecule has 0 unspecified atom stereocenters. The van der Waals surface area contributed by atoms with Gasteiger partial charge in [-0.25, -0.2) is 0 Å². The van der Waals surface area contributed by atoms with Gasteiger partial charge in [0.15, 0.2) is 6.61 Å². The Kier molecular flexibility index (Phi) is 5.98. The minimum absolute atomic E-state index is 0.139. The first-order valence-electron chi connectivity index (χ1n) is 6.97. The largest absolute Gasteiger partial charge is 0.386 e. The molecule has 0 heterocycles. The second kappa shape index (κ2) is 8.20. The van der Waals surface area contributed by atoms with Crippen LogP contribution in [-0.4, -0.2) is 18.7 Å². The summed E-state index contributed by atoms with van der Waals surface area (Å²) in [6.45, 7) is 1.94. The molecule has 0 saturated carbocycles. The van der Waals surface area contributed by atoms with Crippen LogP contribution in [0.4, 0.5) is 5.69 Å². The molecule has 2 aromatic rings. The van der Waals surface area contributed by atoms with E-state index in [1.807, 2.05) is 36.4 Å². The topological polar surface area (TPSA) is 50.7 Å². The highest BCUT2D eigenvalue weighted by atomic mass is 35.5. The van der Waals surface area contributed by atoms with E-state index in [0.717, 1.165) is 17.7 Å². The van der Waals surface area contributed by atoms with Crippen LogP contribution in [0, 0.1) is 0 Å². The number of carbonyl (C=O) groups excluding carboxylic acids is 1. The minimum atomic E-state index is -0.252. The lowest BCUT2D eigenvalue weighted by molar-refractivity contribution is -0.120. The van der Waals surface area contributed by atoms with E-state index in [4.69, 9.17) is 16.4 Å². The van der Waals surface area contributed by atoms with Gasteiger partial charge in [-0.3, -0.25) is 4.79 Å². The number of amides is 1. The monoisotopic (exact) mass is 316 g/mol. The standard InChI is InChI=1S/C17H17ClN2O2/c1-2-13-5-9-16(10-6-13)20-17(21)12-22-19-11-14-3-7-15(18)8-4-14/h3-11H,2,12H2,1H3,(H,20,21)/b19-11+. The summed E-state index contributed by atoms with van der Waals surface area (Å²) in [4.78, 5) is 16.7. The molecule has 0 aromatic heterocycles. The van der Waals surface area contributed by atoms with Gasteiger partial charge in [0.05, 0.1) is 6.21 Å². The Morgan fingerprint density at radius 3 is 2.50 bits per heavy atom. The lowest BCUT2D eigenvalue weighted by atomic mass is 10.1. The normalized spacial score (nSPS) is 10.6. The van der Waals surface area contributed by atoms with Gasteiger partial charge in [0.25, 0.3) is 5.91 Å². The summed E-state index contributed by atoms with van der Waals surface area (Å²) >= 11 is 5.78. The van der Waals surface area contributed by atoms with Crippen LogP contribution in [0.5, 0.6) is 0 Å². The fraction of sp³-hybridized carbons (Fsp3) is 0.176. The summed E-state index contributed by atoms with van der Waals surface area (Å²) in [5.41, 5.74) is 2.81. The van der Waals surface area contributed by atoms with Gasteiger partial charge in [0.1, 0.15) is 0 Å². The molecule has 0 fully saturated rings. The summed E-state index contributed by atoms with van der Waals surface area (Å²) < 4.78 is 0. The number of nitrogens with zero attached hydrogens (tertiary/aromatic N) is 1. The molecule has 2 rings (SSSR count). The third kappa shape index (κ3) is 5.22. The molecule has 2 aromatic carbocycles. The van der Waals surface area contributed by atoms with Crippen molar-refractivity contribution < 1.29 is 9.63 Å². The quantitative estimate of drug-likeness (QED) is 0.649. The first kappa shape index (κ1) is 16.0. The van der Waals surface area contributed by atoms with E-state index in [9.17, 15) is 4.79 Å². The molecule has 0 aliphatic heterocycles. The zero-order valence-electron chi connectivity index (χ0n) is 12.3. The van der Waals surface area contributed by atoms with E-state index in [-0.39, 0.29) is 12.5 Å². The lowest BCUT2D eigenvalue weighted by Crippen LogP contribution is -2.16. The maximum absolute atomic E-state index is 11.7. The van der Waals surface area contributed by atoms with Crippen LogP contribution in [0.25, 0.3) is 0 Å². The second-order valence-corrected chi connectivity index (χ2v) is 5.09. The molecule has 0 aliphatic rings. The van der Waals surface area contributed by atoms with Gasteiger partial charge in [-0.05, 0) is 41.8 Å². The summed E-state index contributed by atoms with van der Waals surface area (Å²) in [6.07, 6.45) is 2.50.